The average Bonchev–Trinajstić information content (AvgIpc) is 2.33. The van der Waals surface area contributed by atoms with Gasteiger partial charge in [0.05, 0.1) is 17.2 Å². The van der Waals surface area contributed by atoms with Crippen molar-refractivity contribution in [1.82, 2.24) is 9.97 Å². The van der Waals surface area contributed by atoms with Gasteiger partial charge < -0.3 is 4.74 Å². The van der Waals surface area contributed by atoms with E-state index >= 15 is 0 Å². The number of non-ortho nitro benzene ring substituents is 1. The van der Waals surface area contributed by atoms with E-state index in [4.69, 9.17) is 27.9 Å². The lowest BCUT2D eigenvalue weighted by Crippen LogP contribution is -1.93. The van der Waals surface area contributed by atoms with Crippen molar-refractivity contribution >= 4 is 44.8 Å². The van der Waals surface area contributed by atoms with Crippen LogP contribution >= 0.6 is 39.1 Å². The van der Waals surface area contributed by atoms with Gasteiger partial charge in [0.25, 0.3) is 5.69 Å². The Morgan fingerprint density at radius 1 is 1.32 bits per heavy atom. The van der Waals surface area contributed by atoms with Gasteiger partial charge in [0.15, 0.2) is 0 Å². The molecule has 0 unspecified atom stereocenters. The zero-order chi connectivity index (χ0) is 14.0. The summed E-state index contributed by atoms with van der Waals surface area (Å²) >= 11 is 14.6. The third-order valence-corrected chi connectivity index (χ3v) is 2.86. The summed E-state index contributed by atoms with van der Waals surface area (Å²) in [6.45, 7) is 0. The zero-order valence-corrected chi connectivity index (χ0v) is 12.1. The van der Waals surface area contributed by atoms with E-state index in [1.807, 2.05) is 0 Å². The highest BCUT2D eigenvalue weighted by molar-refractivity contribution is 9.10. The van der Waals surface area contributed by atoms with Crippen molar-refractivity contribution in [2.75, 3.05) is 0 Å². The first-order valence-corrected chi connectivity index (χ1v) is 6.31. The summed E-state index contributed by atoms with van der Waals surface area (Å²) in [6, 6.07) is 4.14. The van der Waals surface area contributed by atoms with E-state index in [1.54, 1.807) is 6.07 Å². The van der Waals surface area contributed by atoms with Crippen molar-refractivity contribution in [2.24, 2.45) is 0 Å². The summed E-state index contributed by atoms with van der Waals surface area (Å²) in [5.41, 5.74) is -0.124. The average molecular weight is 365 g/mol. The van der Waals surface area contributed by atoms with Gasteiger partial charge in [0.2, 0.25) is 11.2 Å². The fourth-order valence-corrected chi connectivity index (χ4v) is 1.94. The van der Waals surface area contributed by atoms with Crippen LogP contribution in [0.4, 0.5) is 5.69 Å². The standard InChI is InChI=1S/C10H4BrCl2N3O3/c11-5-1-6(16(17)18)3-7(2-5)19-9-8(12)4-14-10(13)15-9/h1-4H. The van der Waals surface area contributed by atoms with Crippen LogP contribution in [0, 0.1) is 10.1 Å². The summed E-state index contributed by atoms with van der Waals surface area (Å²) in [5, 5.41) is 10.8. The Hall–Kier alpha value is -1.44. The van der Waals surface area contributed by atoms with Crippen molar-refractivity contribution in [3.8, 4) is 11.6 Å². The number of aromatic nitrogens is 2. The van der Waals surface area contributed by atoms with E-state index in [9.17, 15) is 10.1 Å². The Balaban J connectivity index is 2.38. The second-order valence-electron chi connectivity index (χ2n) is 3.30. The molecule has 1 aromatic heterocycles. The molecule has 98 valence electrons. The maximum atomic E-state index is 10.7. The molecule has 9 heteroatoms. The molecular weight excluding hydrogens is 361 g/mol. The molecule has 0 N–H and O–H groups in total. The Morgan fingerprint density at radius 2 is 2.05 bits per heavy atom. The number of hydrogen-bond donors (Lipinski definition) is 0. The van der Waals surface area contributed by atoms with Crippen LogP contribution < -0.4 is 4.74 Å². The number of ether oxygens (including phenoxy) is 1. The Labute approximate surface area is 125 Å². The first-order valence-electron chi connectivity index (χ1n) is 4.76. The van der Waals surface area contributed by atoms with Gasteiger partial charge in [-0.2, -0.15) is 4.98 Å². The molecule has 2 rings (SSSR count). The number of nitro groups is 1. The lowest BCUT2D eigenvalue weighted by molar-refractivity contribution is -0.385. The van der Waals surface area contributed by atoms with Crippen molar-refractivity contribution < 1.29 is 9.66 Å². The van der Waals surface area contributed by atoms with Crippen molar-refractivity contribution in [3.05, 3.63) is 49.3 Å². The van der Waals surface area contributed by atoms with Gasteiger partial charge in [0, 0.05) is 10.5 Å². The number of nitro benzene ring substituents is 1. The minimum absolute atomic E-state index is 0.0223. The molecule has 0 radical (unpaired) electrons. The van der Waals surface area contributed by atoms with E-state index in [-0.39, 0.29) is 27.6 Å². The van der Waals surface area contributed by atoms with E-state index in [0.29, 0.717) is 4.47 Å². The third-order valence-electron chi connectivity index (χ3n) is 1.96. The van der Waals surface area contributed by atoms with Crippen LogP contribution in [0.5, 0.6) is 11.6 Å². The fraction of sp³-hybridized carbons (Fsp3) is 0. The number of hydrogen-bond acceptors (Lipinski definition) is 5. The van der Waals surface area contributed by atoms with Crippen LogP contribution in [0.15, 0.2) is 28.9 Å². The third kappa shape index (κ3) is 3.52. The maximum Gasteiger partial charge on any atom is 0.274 e. The number of benzene rings is 1. The van der Waals surface area contributed by atoms with E-state index < -0.39 is 4.92 Å². The highest BCUT2D eigenvalue weighted by Crippen LogP contribution is 2.32. The van der Waals surface area contributed by atoms with Gasteiger partial charge in [-0.25, -0.2) is 4.98 Å². The Bertz CT molecular complexity index is 654. The predicted octanol–water partition coefficient (Wildman–Crippen LogP) is 4.25. The number of nitrogens with zero attached hydrogens (tertiary/aromatic N) is 3. The highest BCUT2D eigenvalue weighted by atomic mass is 79.9. The van der Waals surface area contributed by atoms with Crippen molar-refractivity contribution in [3.63, 3.8) is 0 Å². The van der Waals surface area contributed by atoms with Crippen molar-refractivity contribution in [2.45, 2.75) is 0 Å². The molecule has 6 nitrogen and oxygen atoms in total. The lowest BCUT2D eigenvalue weighted by Gasteiger charge is -2.06. The number of halogens is 3. The van der Waals surface area contributed by atoms with E-state index in [1.165, 1.54) is 18.3 Å². The molecule has 0 fully saturated rings. The Kier molecular flexibility index (Phi) is 4.18. The minimum Gasteiger partial charge on any atom is -0.437 e. The highest BCUT2D eigenvalue weighted by Gasteiger charge is 2.12. The molecular formula is C10H4BrCl2N3O3. The van der Waals surface area contributed by atoms with Gasteiger partial charge in [0.1, 0.15) is 10.8 Å². The first kappa shape index (κ1) is 14.0. The van der Waals surface area contributed by atoms with Crippen LogP contribution in [-0.4, -0.2) is 14.9 Å². The summed E-state index contributed by atoms with van der Waals surface area (Å²) in [6.07, 6.45) is 1.28. The van der Waals surface area contributed by atoms with E-state index in [2.05, 4.69) is 25.9 Å². The molecule has 0 bridgehead atoms. The molecule has 0 atom stereocenters. The molecule has 2 aromatic rings. The maximum absolute atomic E-state index is 10.7. The molecule has 0 aliphatic heterocycles. The monoisotopic (exact) mass is 363 g/mol. The summed E-state index contributed by atoms with van der Waals surface area (Å²) in [4.78, 5) is 17.7. The summed E-state index contributed by atoms with van der Waals surface area (Å²) < 4.78 is 5.85. The van der Waals surface area contributed by atoms with Gasteiger partial charge in [-0.15, -0.1) is 0 Å². The normalized spacial score (nSPS) is 10.3. The van der Waals surface area contributed by atoms with Crippen LogP contribution in [0.2, 0.25) is 10.3 Å². The molecule has 0 saturated heterocycles. The minimum atomic E-state index is -0.536. The quantitative estimate of drug-likeness (QED) is 0.462. The topological polar surface area (TPSA) is 78.2 Å². The largest absolute Gasteiger partial charge is 0.437 e. The van der Waals surface area contributed by atoms with Crippen molar-refractivity contribution in [1.29, 1.82) is 0 Å². The molecule has 1 heterocycles. The van der Waals surface area contributed by atoms with Gasteiger partial charge in [-0.1, -0.05) is 27.5 Å². The summed E-state index contributed by atoms with van der Waals surface area (Å²) in [7, 11) is 0. The second-order valence-corrected chi connectivity index (χ2v) is 4.96. The molecule has 0 spiro atoms. The molecule has 0 aliphatic carbocycles. The predicted molar refractivity (Wildman–Crippen MR) is 72.9 cm³/mol. The van der Waals surface area contributed by atoms with E-state index in [0.717, 1.165) is 0 Å². The first-order chi connectivity index (χ1) is 8.95. The number of rotatable bonds is 3. The van der Waals surface area contributed by atoms with Crippen LogP contribution in [0.25, 0.3) is 0 Å². The Morgan fingerprint density at radius 3 is 2.74 bits per heavy atom. The van der Waals surface area contributed by atoms with Gasteiger partial charge in [-0.3, -0.25) is 10.1 Å². The fourth-order valence-electron chi connectivity index (χ4n) is 1.23. The zero-order valence-electron chi connectivity index (χ0n) is 9.01. The molecule has 19 heavy (non-hydrogen) atoms. The van der Waals surface area contributed by atoms with Crippen LogP contribution in [0.3, 0.4) is 0 Å². The molecule has 0 aliphatic rings. The van der Waals surface area contributed by atoms with Gasteiger partial charge in [-0.05, 0) is 17.7 Å². The molecule has 0 amide bonds. The smallest absolute Gasteiger partial charge is 0.274 e. The van der Waals surface area contributed by atoms with Crippen LogP contribution in [0.1, 0.15) is 0 Å². The van der Waals surface area contributed by atoms with Crippen LogP contribution in [-0.2, 0) is 0 Å². The molecule has 1 aromatic carbocycles. The summed E-state index contributed by atoms with van der Waals surface area (Å²) in [5.74, 6) is 0.229. The SMILES string of the molecule is O=[N+]([O-])c1cc(Br)cc(Oc2nc(Cl)ncc2Cl)c1. The van der Waals surface area contributed by atoms with Gasteiger partial charge >= 0.3 is 0 Å². The molecule has 0 saturated carbocycles. The second kappa shape index (κ2) is 5.68. The lowest BCUT2D eigenvalue weighted by atomic mass is 10.3.